The monoisotopic (exact) mass is 281 g/mol. The number of hydrogen-bond donors (Lipinski definition) is 2. The maximum absolute atomic E-state index is 13.6. The Morgan fingerprint density at radius 2 is 1.95 bits per heavy atom. The van der Waals surface area contributed by atoms with Crippen LogP contribution in [0.25, 0.3) is 10.9 Å². The van der Waals surface area contributed by atoms with Crippen molar-refractivity contribution in [2.75, 3.05) is 0 Å². The van der Waals surface area contributed by atoms with Gasteiger partial charge in [-0.3, -0.25) is 10.8 Å². The highest BCUT2D eigenvalue weighted by atomic mass is 19.1. The van der Waals surface area contributed by atoms with E-state index in [1.807, 2.05) is 43.3 Å². The number of nitrogens with one attached hydrogen (secondary N) is 1. The van der Waals surface area contributed by atoms with Crippen LogP contribution in [0.2, 0.25) is 0 Å². The summed E-state index contributed by atoms with van der Waals surface area (Å²) >= 11 is 0. The molecule has 0 aliphatic carbocycles. The van der Waals surface area contributed by atoms with E-state index in [9.17, 15) is 4.39 Å². The maximum atomic E-state index is 13.6. The van der Waals surface area contributed by atoms with Crippen LogP contribution in [0.3, 0.4) is 0 Å². The first-order valence-electron chi connectivity index (χ1n) is 6.75. The summed E-state index contributed by atoms with van der Waals surface area (Å²) in [4.78, 5) is 4.34. The standard InChI is InChI=1S/C17H16FN3/c1-11-7-14(9-15(18)8-11)17(21-19)13-5-4-12-3-2-6-20-16(12)10-13/h2-10,17,21H,19H2,1H3. The fourth-order valence-corrected chi connectivity index (χ4v) is 2.58. The second kappa shape index (κ2) is 5.60. The molecule has 2 aromatic carbocycles. The van der Waals surface area contributed by atoms with E-state index in [0.29, 0.717) is 0 Å². The molecule has 0 aliphatic rings. The van der Waals surface area contributed by atoms with Crippen molar-refractivity contribution < 1.29 is 4.39 Å². The van der Waals surface area contributed by atoms with Gasteiger partial charge in [-0.2, -0.15) is 0 Å². The minimum absolute atomic E-state index is 0.260. The summed E-state index contributed by atoms with van der Waals surface area (Å²) in [6, 6.07) is 14.5. The third-order valence-electron chi connectivity index (χ3n) is 3.53. The van der Waals surface area contributed by atoms with Crippen molar-refractivity contribution in [2.24, 2.45) is 5.84 Å². The number of aryl methyl sites for hydroxylation is 1. The third-order valence-corrected chi connectivity index (χ3v) is 3.53. The summed E-state index contributed by atoms with van der Waals surface area (Å²) in [7, 11) is 0. The SMILES string of the molecule is Cc1cc(F)cc(C(NN)c2ccc3cccnc3c2)c1. The lowest BCUT2D eigenvalue weighted by molar-refractivity contribution is 0.604. The van der Waals surface area contributed by atoms with Crippen molar-refractivity contribution in [1.82, 2.24) is 10.4 Å². The van der Waals surface area contributed by atoms with Crippen molar-refractivity contribution in [2.45, 2.75) is 13.0 Å². The van der Waals surface area contributed by atoms with Crippen LogP contribution in [0.4, 0.5) is 4.39 Å². The Bertz CT molecular complexity index is 766. The molecule has 3 aromatic rings. The summed E-state index contributed by atoms with van der Waals surface area (Å²) in [5.74, 6) is 5.43. The Hall–Kier alpha value is -2.30. The lowest BCUT2D eigenvalue weighted by Crippen LogP contribution is -2.29. The lowest BCUT2D eigenvalue weighted by Gasteiger charge is -2.18. The van der Waals surface area contributed by atoms with E-state index in [1.165, 1.54) is 12.1 Å². The van der Waals surface area contributed by atoms with E-state index in [1.54, 1.807) is 6.20 Å². The molecule has 1 aromatic heterocycles. The molecule has 0 radical (unpaired) electrons. The third kappa shape index (κ3) is 2.77. The highest BCUT2D eigenvalue weighted by Crippen LogP contribution is 2.25. The maximum Gasteiger partial charge on any atom is 0.123 e. The average molecular weight is 281 g/mol. The normalized spacial score (nSPS) is 12.5. The minimum atomic E-state index is -0.272. The van der Waals surface area contributed by atoms with Crippen LogP contribution in [-0.4, -0.2) is 4.98 Å². The number of hydrazine groups is 1. The van der Waals surface area contributed by atoms with Crippen LogP contribution in [0.15, 0.2) is 54.7 Å². The van der Waals surface area contributed by atoms with Gasteiger partial charge in [0.1, 0.15) is 5.82 Å². The smallest absolute Gasteiger partial charge is 0.123 e. The summed E-state index contributed by atoms with van der Waals surface area (Å²) in [5, 5.41) is 1.06. The number of halogens is 1. The second-order valence-corrected chi connectivity index (χ2v) is 5.12. The fraction of sp³-hybridized carbons (Fsp3) is 0.118. The van der Waals surface area contributed by atoms with Gasteiger partial charge in [0.15, 0.2) is 0 Å². The van der Waals surface area contributed by atoms with Crippen LogP contribution in [0.1, 0.15) is 22.7 Å². The molecule has 0 fully saturated rings. The van der Waals surface area contributed by atoms with Gasteiger partial charge in [0.2, 0.25) is 0 Å². The molecule has 1 heterocycles. The van der Waals surface area contributed by atoms with E-state index in [4.69, 9.17) is 5.84 Å². The number of hydrogen-bond acceptors (Lipinski definition) is 3. The molecule has 106 valence electrons. The molecule has 3 rings (SSSR count). The first-order chi connectivity index (χ1) is 10.2. The molecule has 0 amide bonds. The Morgan fingerprint density at radius 3 is 2.71 bits per heavy atom. The Kier molecular flexibility index (Phi) is 3.64. The first kappa shape index (κ1) is 13.7. The summed E-state index contributed by atoms with van der Waals surface area (Å²) < 4.78 is 13.6. The minimum Gasteiger partial charge on any atom is -0.271 e. The van der Waals surface area contributed by atoms with E-state index in [0.717, 1.165) is 27.6 Å². The average Bonchev–Trinajstić information content (AvgIpc) is 2.47. The van der Waals surface area contributed by atoms with Crippen molar-refractivity contribution in [1.29, 1.82) is 0 Å². The number of nitrogens with two attached hydrogens (primary N) is 1. The Labute approximate surface area is 122 Å². The summed E-state index contributed by atoms with van der Waals surface area (Å²) in [5.41, 5.74) is 6.27. The van der Waals surface area contributed by atoms with Crippen LogP contribution in [-0.2, 0) is 0 Å². The van der Waals surface area contributed by atoms with Crippen molar-refractivity contribution in [3.05, 3.63) is 77.2 Å². The zero-order valence-corrected chi connectivity index (χ0v) is 11.7. The molecule has 0 aliphatic heterocycles. The molecule has 0 bridgehead atoms. The molecular weight excluding hydrogens is 265 g/mol. The van der Waals surface area contributed by atoms with Gasteiger partial charge in [-0.25, -0.2) is 9.82 Å². The predicted molar refractivity (Wildman–Crippen MR) is 82.0 cm³/mol. The van der Waals surface area contributed by atoms with Crippen LogP contribution >= 0.6 is 0 Å². The number of aromatic nitrogens is 1. The molecule has 1 atom stereocenters. The molecule has 0 spiro atoms. The first-order valence-corrected chi connectivity index (χ1v) is 6.75. The van der Waals surface area contributed by atoms with Gasteiger partial charge in [0.05, 0.1) is 11.6 Å². The van der Waals surface area contributed by atoms with Crippen molar-refractivity contribution in [3.63, 3.8) is 0 Å². The van der Waals surface area contributed by atoms with E-state index in [-0.39, 0.29) is 11.9 Å². The molecule has 0 saturated heterocycles. The number of rotatable bonds is 3. The Morgan fingerprint density at radius 1 is 1.10 bits per heavy atom. The van der Waals surface area contributed by atoms with Gasteiger partial charge >= 0.3 is 0 Å². The number of fused-ring (bicyclic) bond motifs is 1. The van der Waals surface area contributed by atoms with Crippen molar-refractivity contribution >= 4 is 10.9 Å². The zero-order valence-electron chi connectivity index (χ0n) is 11.7. The van der Waals surface area contributed by atoms with Gasteiger partial charge in [0.25, 0.3) is 0 Å². The second-order valence-electron chi connectivity index (χ2n) is 5.12. The number of nitrogens with zero attached hydrogens (tertiary/aromatic N) is 1. The number of pyridine rings is 1. The highest BCUT2D eigenvalue weighted by Gasteiger charge is 2.14. The highest BCUT2D eigenvalue weighted by molar-refractivity contribution is 5.79. The molecular formula is C17H16FN3. The molecule has 3 nitrogen and oxygen atoms in total. The lowest BCUT2D eigenvalue weighted by atomic mass is 9.96. The zero-order chi connectivity index (χ0) is 14.8. The van der Waals surface area contributed by atoms with Crippen molar-refractivity contribution in [3.8, 4) is 0 Å². The van der Waals surface area contributed by atoms with Gasteiger partial charge in [-0.05, 0) is 47.9 Å². The molecule has 21 heavy (non-hydrogen) atoms. The fourth-order valence-electron chi connectivity index (χ4n) is 2.58. The van der Waals surface area contributed by atoms with Gasteiger partial charge in [-0.15, -0.1) is 0 Å². The van der Waals surface area contributed by atoms with Crippen LogP contribution in [0.5, 0.6) is 0 Å². The largest absolute Gasteiger partial charge is 0.271 e. The van der Waals surface area contributed by atoms with Gasteiger partial charge in [0, 0.05) is 11.6 Å². The summed E-state index contributed by atoms with van der Waals surface area (Å²) in [6.45, 7) is 1.86. The molecule has 4 heteroatoms. The quantitative estimate of drug-likeness (QED) is 0.572. The van der Waals surface area contributed by atoms with Gasteiger partial charge in [-0.1, -0.05) is 24.3 Å². The number of benzene rings is 2. The summed E-state index contributed by atoms with van der Waals surface area (Å²) in [6.07, 6.45) is 1.75. The van der Waals surface area contributed by atoms with E-state index < -0.39 is 0 Å². The van der Waals surface area contributed by atoms with Gasteiger partial charge < -0.3 is 0 Å². The Balaban J connectivity index is 2.08. The molecule has 3 N–H and O–H groups in total. The molecule has 0 saturated carbocycles. The van der Waals surface area contributed by atoms with E-state index >= 15 is 0 Å². The van der Waals surface area contributed by atoms with Crippen LogP contribution < -0.4 is 11.3 Å². The topological polar surface area (TPSA) is 50.9 Å². The van der Waals surface area contributed by atoms with E-state index in [2.05, 4.69) is 10.4 Å². The predicted octanol–water partition coefficient (Wildman–Crippen LogP) is 3.24. The van der Waals surface area contributed by atoms with Crippen LogP contribution in [0, 0.1) is 12.7 Å². The molecule has 1 unspecified atom stereocenters.